The fourth-order valence-corrected chi connectivity index (χ4v) is 3.62. The predicted octanol–water partition coefficient (Wildman–Crippen LogP) is 4.02. The van der Waals surface area contributed by atoms with Gasteiger partial charge in [0.05, 0.1) is 17.3 Å². The molecule has 0 bridgehead atoms. The van der Waals surface area contributed by atoms with Crippen molar-refractivity contribution in [1.82, 2.24) is 4.98 Å². The van der Waals surface area contributed by atoms with Gasteiger partial charge in [-0.05, 0) is 28.1 Å². The maximum absolute atomic E-state index is 13.8. The van der Waals surface area contributed by atoms with Crippen molar-refractivity contribution in [2.75, 3.05) is 6.61 Å². The molecule has 0 aliphatic carbocycles. The van der Waals surface area contributed by atoms with Gasteiger partial charge in [0, 0.05) is 28.2 Å². The zero-order valence-electron chi connectivity index (χ0n) is 11.1. The molecule has 21 heavy (non-hydrogen) atoms. The van der Waals surface area contributed by atoms with Crippen molar-refractivity contribution in [3.63, 3.8) is 0 Å². The highest BCUT2D eigenvalue weighted by Gasteiger charge is 2.49. The van der Waals surface area contributed by atoms with Gasteiger partial charge in [0.15, 0.2) is 5.60 Å². The van der Waals surface area contributed by atoms with Crippen LogP contribution in [0, 0.1) is 5.82 Å². The lowest BCUT2D eigenvalue weighted by atomic mass is 9.83. The van der Waals surface area contributed by atoms with Gasteiger partial charge >= 0.3 is 0 Å². The first-order chi connectivity index (χ1) is 10.0. The number of aromatic nitrogens is 1. The molecule has 3 rings (SSSR count). The van der Waals surface area contributed by atoms with Crippen LogP contribution in [0.5, 0.6) is 5.75 Å². The highest BCUT2D eigenvalue weighted by Crippen LogP contribution is 2.53. The molecule has 1 aromatic carbocycles. The van der Waals surface area contributed by atoms with Gasteiger partial charge in [-0.2, -0.15) is 0 Å². The van der Waals surface area contributed by atoms with Crippen LogP contribution in [0.25, 0.3) is 0 Å². The molecule has 2 atom stereocenters. The highest BCUT2D eigenvalue weighted by atomic mass is 79.9. The van der Waals surface area contributed by atoms with Crippen LogP contribution in [0.4, 0.5) is 4.39 Å². The number of aliphatic hydroxyl groups excluding tert-OH is 1. The number of fused-ring (bicyclic) bond motifs is 1. The SMILES string of the molecule is C[C@H]1c2c(cc(F)c(Cl)c2Br)O[C@]1(CO)c1ccccn1. The minimum Gasteiger partial charge on any atom is -0.477 e. The maximum atomic E-state index is 13.8. The van der Waals surface area contributed by atoms with Crippen molar-refractivity contribution < 1.29 is 14.2 Å². The number of ether oxygens (including phenoxy) is 1. The molecule has 6 heteroatoms. The molecule has 0 amide bonds. The third kappa shape index (κ3) is 2.06. The fourth-order valence-electron chi connectivity index (χ4n) is 2.73. The van der Waals surface area contributed by atoms with E-state index in [2.05, 4.69) is 20.9 Å². The van der Waals surface area contributed by atoms with Crippen molar-refractivity contribution in [1.29, 1.82) is 0 Å². The second-order valence-electron chi connectivity index (χ2n) is 4.98. The molecular formula is C15H12BrClFNO2. The Kier molecular flexibility index (Phi) is 3.67. The van der Waals surface area contributed by atoms with Gasteiger partial charge in [0.25, 0.3) is 0 Å². The van der Waals surface area contributed by atoms with Crippen LogP contribution in [-0.4, -0.2) is 16.7 Å². The lowest BCUT2D eigenvalue weighted by molar-refractivity contribution is 0.00370. The van der Waals surface area contributed by atoms with E-state index in [0.717, 1.165) is 5.56 Å². The first-order valence-corrected chi connectivity index (χ1v) is 7.57. The summed E-state index contributed by atoms with van der Waals surface area (Å²) < 4.78 is 20.2. The average Bonchev–Trinajstić information content (AvgIpc) is 2.79. The quantitative estimate of drug-likeness (QED) is 0.810. The third-order valence-corrected chi connectivity index (χ3v) is 5.34. The summed E-state index contributed by atoms with van der Waals surface area (Å²) in [6, 6.07) is 6.64. The summed E-state index contributed by atoms with van der Waals surface area (Å²) >= 11 is 9.28. The number of nitrogens with zero attached hydrogens (tertiary/aromatic N) is 1. The van der Waals surface area contributed by atoms with E-state index < -0.39 is 11.4 Å². The van der Waals surface area contributed by atoms with E-state index in [-0.39, 0.29) is 17.5 Å². The van der Waals surface area contributed by atoms with E-state index in [1.807, 2.05) is 13.0 Å². The molecule has 2 heterocycles. The molecule has 0 radical (unpaired) electrons. The molecule has 0 saturated heterocycles. The normalized spacial score (nSPS) is 23.8. The summed E-state index contributed by atoms with van der Waals surface area (Å²) in [5, 5.41) is 9.95. The van der Waals surface area contributed by atoms with Crippen molar-refractivity contribution >= 4 is 27.5 Å². The summed E-state index contributed by atoms with van der Waals surface area (Å²) in [5.74, 6) is -0.430. The predicted molar refractivity (Wildman–Crippen MR) is 81.2 cm³/mol. The van der Waals surface area contributed by atoms with Gasteiger partial charge in [-0.15, -0.1) is 0 Å². The number of hydrogen-bond acceptors (Lipinski definition) is 3. The Morgan fingerprint density at radius 3 is 2.90 bits per heavy atom. The smallest absolute Gasteiger partial charge is 0.180 e. The van der Waals surface area contributed by atoms with Crippen LogP contribution < -0.4 is 4.74 Å². The second kappa shape index (κ2) is 5.23. The number of rotatable bonds is 2. The van der Waals surface area contributed by atoms with E-state index in [4.69, 9.17) is 16.3 Å². The number of pyridine rings is 1. The molecule has 0 spiro atoms. The standard InChI is InChI=1S/C15H12BrClFNO2/c1-8-12-10(6-9(18)14(17)13(12)16)21-15(8,7-20)11-4-2-3-5-19-11/h2-6,8,20H,7H2,1H3/t8-,15-/m0/s1. The molecule has 0 saturated carbocycles. The first-order valence-electron chi connectivity index (χ1n) is 6.40. The molecule has 110 valence electrons. The van der Waals surface area contributed by atoms with E-state index >= 15 is 0 Å². The van der Waals surface area contributed by atoms with Crippen LogP contribution >= 0.6 is 27.5 Å². The zero-order chi connectivity index (χ0) is 15.2. The van der Waals surface area contributed by atoms with Crippen LogP contribution in [0.3, 0.4) is 0 Å². The van der Waals surface area contributed by atoms with Gasteiger partial charge in [-0.25, -0.2) is 4.39 Å². The number of aliphatic hydroxyl groups is 1. The van der Waals surface area contributed by atoms with Crippen LogP contribution in [0.15, 0.2) is 34.9 Å². The summed E-state index contributed by atoms with van der Waals surface area (Å²) in [5.41, 5.74) is 0.296. The van der Waals surface area contributed by atoms with E-state index in [1.54, 1.807) is 18.3 Å². The largest absolute Gasteiger partial charge is 0.477 e. The Hall–Kier alpha value is -1.17. The first kappa shape index (κ1) is 14.8. The molecule has 1 N–H and O–H groups in total. The molecule has 3 nitrogen and oxygen atoms in total. The van der Waals surface area contributed by atoms with Gasteiger partial charge in [-0.1, -0.05) is 24.6 Å². The zero-order valence-corrected chi connectivity index (χ0v) is 13.4. The Morgan fingerprint density at radius 2 is 2.29 bits per heavy atom. The maximum Gasteiger partial charge on any atom is 0.180 e. The third-order valence-electron chi connectivity index (χ3n) is 3.92. The summed E-state index contributed by atoms with van der Waals surface area (Å²) in [4.78, 5) is 4.28. The van der Waals surface area contributed by atoms with Crippen LogP contribution in [0.1, 0.15) is 24.1 Å². The topological polar surface area (TPSA) is 42.4 Å². The highest BCUT2D eigenvalue weighted by molar-refractivity contribution is 9.10. The van der Waals surface area contributed by atoms with Gasteiger partial charge in [-0.3, -0.25) is 4.98 Å². The summed E-state index contributed by atoms with van der Waals surface area (Å²) in [7, 11) is 0. The van der Waals surface area contributed by atoms with Gasteiger partial charge < -0.3 is 9.84 Å². The van der Waals surface area contributed by atoms with E-state index in [9.17, 15) is 9.50 Å². The van der Waals surface area contributed by atoms with Crippen molar-refractivity contribution in [3.05, 3.63) is 57.0 Å². The molecule has 1 aliphatic heterocycles. The lowest BCUT2D eigenvalue weighted by Crippen LogP contribution is -2.38. The number of hydrogen-bond donors (Lipinski definition) is 1. The Balaban J connectivity index is 2.19. The van der Waals surface area contributed by atoms with Crippen LogP contribution in [-0.2, 0) is 5.60 Å². The van der Waals surface area contributed by atoms with Gasteiger partial charge in [0.2, 0.25) is 0 Å². The molecular weight excluding hydrogens is 361 g/mol. The molecule has 0 fully saturated rings. The Labute approximate surface area is 134 Å². The number of benzene rings is 1. The second-order valence-corrected chi connectivity index (χ2v) is 6.16. The van der Waals surface area contributed by atoms with Crippen LogP contribution in [0.2, 0.25) is 5.02 Å². The Morgan fingerprint density at radius 1 is 1.52 bits per heavy atom. The molecule has 0 unspecified atom stereocenters. The minimum atomic E-state index is -1.04. The number of halogens is 3. The monoisotopic (exact) mass is 371 g/mol. The van der Waals surface area contributed by atoms with E-state index in [1.165, 1.54) is 6.07 Å². The lowest BCUT2D eigenvalue weighted by Gasteiger charge is -2.30. The van der Waals surface area contributed by atoms with E-state index in [0.29, 0.717) is 15.9 Å². The molecule has 1 aliphatic rings. The summed E-state index contributed by atoms with van der Waals surface area (Å²) in [6.45, 7) is 1.63. The van der Waals surface area contributed by atoms with Crippen molar-refractivity contribution in [2.24, 2.45) is 0 Å². The average molecular weight is 373 g/mol. The van der Waals surface area contributed by atoms with Gasteiger partial charge in [0.1, 0.15) is 11.6 Å². The van der Waals surface area contributed by atoms with Crippen molar-refractivity contribution in [3.8, 4) is 5.75 Å². The Bertz CT molecular complexity index is 698. The molecule has 2 aromatic rings. The fraction of sp³-hybridized carbons (Fsp3) is 0.267. The summed E-state index contributed by atoms with van der Waals surface area (Å²) in [6.07, 6.45) is 1.63. The molecule has 1 aromatic heterocycles. The van der Waals surface area contributed by atoms with Crippen molar-refractivity contribution in [2.45, 2.75) is 18.4 Å². The minimum absolute atomic E-state index is 0.0129.